The van der Waals surface area contributed by atoms with Gasteiger partial charge in [0.15, 0.2) is 18.1 Å². The predicted octanol–water partition coefficient (Wildman–Crippen LogP) is 2.03. The number of carbonyl (C=O) groups is 2. The summed E-state index contributed by atoms with van der Waals surface area (Å²) in [5.74, 6) is 0.332. The second-order valence-electron chi connectivity index (χ2n) is 6.27. The molecular formula is C20H20ClN5O4. The van der Waals surface area contributed by atoms with Crippen LogP contribution in [0.2, 0.25) is 5.02 Å². The fourth-order valence-electron chi connectivity index (χ4n) is 2.69. The molecule has 9 nitrogen and oxygen atoms in total. The van der Waals surface area contributed by atoms with Gasteiger partial charge in [0.25, 0.3) is 11.8 Å². The number of ether oxygens (including phenoxy) is 2. The van der Waals surface area contributed by atoms with Crippen molar-refractivity contribution in [3.63, 3.8) is 0 Å². The second kappa shape index (κ2) is 9.27. The summed E-state index contributed by atoms with van der Waals surface area (Å²) in [6, 6.07) is 12.2. The van der Waals surface area contributed by atoms with E-state index >= 15 is 0 Å². The molecule has 0 saturated heterocycles. The van der Waals surface area contributed by atoms with Crippen molar-refractivity contribution in [2.75, 3.05) is 13.7 Å². The second-order valence-corrected chi connectivity index (χ2v) is 6.68. The van der Waals surface area contributed by atoms with Gasteiger partial charge in [-0.1, -0.05) is 29.8 Å². The van der Waals surface area contributed by atoms with Crippen LogP contribution in [0.4, 0.5) is 0 Å². The molecule has 1 aromatic heterocycles. The Morgan fingerprint density at radius 1 is 1.20 bits per heavy atom. The molecule has 0 aliphatic heterocycles. The Balaban J connectivity index is 1.69. The van der Waals surface area contributed by atoms with Gasteiger partial charge in [0.2, 0.25) is 5.82 Å². The predicted molar refractivity (Wildman–Crippen MR) is 110 cm³/mol. The van der Waals surface area contributed by atoms with E-state index in [-0.39, 0.29) is 19.0 Å². The highest BCUT2D eigenvalue weighted by Gasteiger charge is 2.16. The highest BCUT2D eigenvalue weighted by Crippen LogP contribution is 2.28. The molecule has 0 bridgehead atoms. The fourth-order valence-corrected chi connectivity index (χ4v) is 2.91. The summed E-state index contributed by atoms with van der Waals surface area (Å²) in [7, 11) is 1.48. The van der Waals surface area contributed by atoms with Gasteiger partial charge in [0.1, 0.15) is 5.82 Å². The highest BCUT2D eigenvalue weighted by molar-refractivity contribution is 6.32. The van der Waals surface area contributed by atoms with Crippen LogP contribution < -0.4 is 20.5 Å². The zero-order valence-electron chi connectivity index (χ0n) is 16.4. The van der Waals surface area contributed by atoms with Gasteiger partial charge in [-0.05, 0) is 36.8 Å². The van der Waals surface area contributed by atoms with E-state index in [1.807, 2.05) is 12.1 Å². The maximum atomic E-state index is 12.5. The minimum absolute atomic E-state index is 0.0285. The van der Waals surface area contributed by atoms with E-state index in [1.165, 1.54) is 11.8 Å². The summed E-state index contributed by atoms with van der Waals surface area (Å²) in [6.07, 6.45) is 0. The van der Waals surface area contributed by atoms with Crippen molar-refractivity contribution in [1.29, 1.82) is 0 Å². The number of para-hydroxylation sites is 1. The number of carbonyl (C=O) groups excluding carboxylic acids is 2. The first-order valence-electron chi connectivity index (χ1n) is 8.94. The lowest BCUT2D eigenvalue weighted by molar-refractivity contribution is -0.119. The third-order valence-corrected chi connectivity index (χ3v) is 4.42. The van der Waals surface area contributed by atoms with Crippen LogP contribution in [-0.4, -0.2) is 40.3 Å². The standard InChI is InChI=1S/C20H20ClN5O4/c1-12-24-19(25-26(12)15-6-4-3-5-14(15)21)20(28)23-10-13-7-8-16(17(9-13)29-2)30-11-18(22)27/h3-9H,10-11H2,1-2H3,(H2,22,27)(H,23,28). The molecule has 30 heavy (non-hydrogen) atoms. The average Bonchev–Trinajstić information content (AvgIpc) is 3.12. The molecule has 3 aromatic rings. The summed E-state index contributed by atoms with van der Waals surface area (Å²) in [5, 5.41) is 7.53. The van der Waals surface area contributed by atoms with Gasteiger partial charge in [-0.2, -0.15) is 0 Å². The molecule has 3 rings (SSSR count). The van der Waals surface area contributed by atoms with Crippen molar-refractivity contribution in [2.45, 2.75) is 13.5 Å². The molecule has 0 saturated carbocycles. The number of amides is 2. The third-order valence-electron chi connectivity index (χ3n) is 4.10. The first-order chi connectivity index (χ1) is 14.4. The minimum Gasteiger partial charge on any atom is -0.493 e. The molecule has 0 radical (unpaired) electrons. The Bertz CT molecular complexity index is 1080. The summed E-state index contributed by atoms with van der Waals surface area (Å²) in [5.41, 5.74) is 6.48. The lowest BCUT2D eigenvalue weighted by Crippen LogP contribution is -2.24. The van der Waals surface area contributed by atoms with Crippen molar-refractivity contribution in [3.8, 4) is 17.2 Å². The molecule has 156 valence electrons. The number of hydrogen-bond donors (Lipinski definition) is 2. The molecule has 0 atom stereocenters. The Kier molecular flexibility index (Phi) is 6.53. The van der Waals surface area contributed by atoms with E-state index in [0.29, 0.717) is 28.0 Å². The number of primary amides is 1. The first kappa shape index (κ1) is 21.1. The quantitative estimate of drug-likeness (QED) is 0.565. The zero-order valence-corrected chi connectivity index (χ0v) is 17.1. The van der Waals surface area contributed by atoms with E-state index in [2.05, 4.69) is 15.4 Å². The molecule has 0 aliphatic rings. The van der Waals surface area contributed by atoms with Crippen LogP contribution in [0.25, 0.3) is 5.69 Å². The monoisotopic (exact) mass is 429 g/mol. The average molecular weight is 430 g/mol. The number of aryl methyl sites for hydroxylation is 1. The van der Waals surface area contributed by atoms with Gasteiger partial charge < -0.3 is 20.5 Å². The molecule has 0 unspecified atom stereocenters. The number of nitrogens with one attached hydrogen (secondary N) is 1. The van der Waals surface area contributed by atoms with E-state index < -0.39 is 11.8 Å². The topological polar surface area (TPSA) is 121 Å². The van der Waals surface area contributed by atoms with E-state index in [9.17, 15) is 9.59 Å². The normalized spacial score (nSPS) is 10.5. The van der Waals surface area contributed by atoms with Crippen LogP contribution >= 0.6 is 11.6 Å². The fraction of sp³-hybridized carbons (Fsp3) is 0.200. The van der Waals surface area contributed by atoms with Crippen LogP contribution in [0.15, 0.2) is 42.5 Å². The SMILES string of the molecule is COc1cc(CNC(=O)c2nc(C)n(-c3ccccc3Cl)n2)ccc1OCC(N)=O. The molecule has 1 heterocycles. The smallest absolute Gasteiger partial charge is 0.291 e. The molecule has 2 amide bonds. The van der Waals surface area contributed by atoms with Gasteiger partial charge in [-0.3, -0.25) is 9.59 Å². The number of nitrogens with zero attached hydrogens (tertiary/aromatic N) is 3. The molecule has 0 fully saturated rings. The van der Waals surface area contributed by atoms with Gasteiger partial charge in [-0.25, -0.2) is 9.67 Å². The van der Waals surface area contributed by atoms with Crippen LogP contribution in [0, 0.1) is 6.92 Å². The maximum Gasteiger partial charge on any atom is 0.291 e. The van der Waals surface area contributed by atoms with Gasteiger partial charge in [0.05, 0.1) is 17.8 Å². The molecule has 0 spiro atoms. The molecule has 10 heteroatoms. The van der Waals surface area contributed by atoms with Crippen LogP contribution in [0.5, 0.6) is 11.5 Å². The highest BCUT2D eigenvalue weighted by atomic mass is 35.5. The van der Waals surface area contributed by atoms with Crippen LogP contribution in [-0.2, 0) is 11.3 Å². The van der Waals surface area contributed by atoms with Crippen LogP contribution in [0.1, 0.15) is 22.0 Å². The lowest BCUT2D eigenvalue weighted by atomic mass is 10.2. The number of rotatable bonds is 8. The van der Waals surface area contributed by atoms with Crippen molar-refractivity contribution < 1.29 is 19.1 Å². The number of hydrogen-bond acceptors (Lipinski definition) is 6. The van der Waals surface area contributed by atoms with Crippen molar-refractivity contribution in [3.05, 3.63) is 64.7 Å². The molecule has 3 N–H and O–H groups in total. The Morgan fingerprint density at radius 3 is 2.67 bits per heavy atom. The zero-order chi connectivity index (χ0) is 21.7. The summed E-state index contributed by atoms with van der Waals surface area (Å²) < 4.78 is 12.1. The van der Waals surface area contributed by atoms with Gasteiger partial charge in [0, 0.05) is 6.54 Å². The Morgan fingerprint density at radius 2 is 1.97 bits per heavy atom. The Hall–Kier alpha value is -3.59. The number of aromatic nitrogens is 3. The third kappa shape index (κ3) is 4.87. The number of nitrogens with two attached hydrogens (primary N) is 1. The number of methoxy groups -OCH3 is 1. The largest absolute Gasteiger partial charge is 0.493 e. The molecular weight excluding hydrogens is 410 g/mol. The summed E-state index contributed by atoms with van der Waals surface area (Å²) in [4.78, 5) is 27.6. The summed E-state index contributed by atoms with van der Waals surface area (Å²) >= 11 is 6.20. The maximum absolute atomic E-state index is 12.5. The van der Waals surface area contributed by atoms with E-state index in [1.54, 1.807) is 37.3 Å². The Labute approximate surface area is 177 Å². The van der Waals surface area contributed by atoms with Crippen molar-refractivity contribution in [2.24, 2.45) is 5.73 Å². The summed E-state index contributed by atoms with van der Waals surface area (Å²) in [6.45, 7) is 1.69. The molecule has 2 aromatic carbocycles. The van der Waals surface area contributed by atoms with Crippen LogP contribution in [0.3, 0.4) is 0 Å². The van der Waals surface area contributed by atoms with Crippen molar-refractivity contribution >= 4 is 23.4 Å². The van der Waals surface area contributed by atoms with E-state index in [4.69, 9.17) is 26.8 Å². The van der Waals surface area contributed by atoms with E-state index in [0.717, 1.165) is 5.56 Å². The van der Waals surface area contributed by atoms with Gasteiger partial charge >= 0.3 is 0 Å². The van der Waals surface area contributed by atoms with Crippen molar-refractivity contribution in [1.82, 2.24) is 20.1 Å². The first-order valence-corrected chi connectivity index (χ1v) is 9.31. The lowest BCUT2D eigenvalue weighted by Gasteiger charge is -2.11. The number of benzene rings is 2. The van der Waals surface area contributed by atoms with Gasteiger partial charge in [-0.15, -0.1) is 5.10 Å². The number of halogens is 1. The molecule has 0 aliphatic carbocycles. The minimum atomic E-state index is -0.590.